The fourth-order valence-electron chi connectivity index (χ4n) is 1.46. The summed E-state index contributed by atoms with van der Waals surface area (Å²) in [6, 6.07) is 3.29. The second kappa shape index (κ2) is 4.99. The van der Waals surface area contributed by atoms with Crippen molar-refractivity contribution < 1.29 is 4.74 Å². The highest BCUT2D eigenvalue weighted by Crippen LogP contribution is 2.38. The van der Waals surface area contributed by atoms with Crippen molar-refractivity contribution in [3.63, 3.8) is 0 Å². The van der Waals surface area contributed by atoms with Crippen LogP contribution in [0.5, 0.6) is 11.6 Å². The maximum atomic E-state index is 6.08. The molecule has 1 aromatic carbocycles. The van der Waals surface area contributed by atoms with E-state index in [2.05, 4.69) is 21.0 Å². The molecule has 2 aromatic rings. The Kier molecular flexibility index (Phi) is 3.75. The van der Waals surface area contributed by atoms with Crippen molar-refractivity contribution in [2.45, 2.75) is 6.92 Å². The number of nitrogen functional groups attached to an aromatic ring is 1. The molecule has 0 unspecified atom stereocenters. The first-order valence-electron chi connectivity index (χ1n) is 5.01. The van der Waals surface area contributed by atoms with Gasteiger partial charge in [0.05, 0.1) is 15.7 Å². The van der Waals surface area contributed by atoms with Gasteiger partial charge in [-0.15, -0.1) is 0 Å². The molecule has 1 aromatic heterocycles. The van der Waals surface area contributed by atoms with Crippen LogP contribution in [0.2, 0.25) is 10.0 Å². The average molecular weight is 351 g/mol. The van der Waals surface area contributed by atoms with Crippen LogP contribution in [0.25, 0.3) is 0 Å². The van der Waals surface area contributed by atoms with E-state index in [0.29, 0.717) is 37.5 Å². The van der Waals surface area contributed by atoms with Crippen molar-refractivity contribution >= 4 is 44.8 Å². The Hall–Kier alpha value is -0.910. The number of benzene rings is 1. The molecule has 0 spiro atoms. The molecule has 7 heteroatoms. The Morgan fingerprint density at radius 3 is 2.56 bits per heavy atom. The second-order valence-corrected chi connectivity index (χ2v) is 5.40. The molecule has 0 aliphatic heterocycles. The van der Waals surface area contributed by atoms with Crippen LogP contribution in [0.3, 0.4) is 0 Å². The van der Waals surface area contributed by atoms with Gasteiger partial charge in [0, 0.05) is 17.6 Å². The number of nitrogens with two attached hydrogens (primary N) is 1. The van der Waals surface area contributed by atoms with Gasteiger partial charge in [0.2, 0.25) is 5.88 Å². The number of rotatable bonds is 2. The highest BCUT2D eigenvalue weighted by atomic mass is 79.9. The predicted octanol–water partition coefficient (Wildman–Crippen LogP) is 4.17. The van der Waals surface area contributed by atoms with Gasteiger partial charge in [-0.3, -0.25) is 0 Å². The fourth-order valence-corrected chi connectivity index (χ4v) is 2.29. The standard InChI is InChI=1S/C11H10BrCl2N3O/c1-5-10(15)11(17(2)16-5)18-9-4-7(13)6(12)3-8(9)14/h3-4H,15H2,1-2H3. The van der Waals surface area contributed by atoms with E-state index < -0.39 is 0 Å². The maximum absolute atomic E-state index is 6.08. The van der Waals surface area contributed by atoms with Gasteiger partial charge in [-0.25, -0.2) is 4.68 Å². The van der Waals surface area contributed by atoms with Gasteiger partial charge in [-0.05, 0) is 28.9 Å². The van der Waals surface area contributed by atoms with E-state index in [1.165, 1.54) is 0 Å². The first kappa shape index (κ1) is 13.5. The molecule has 96 valence electrons. The molecule has 2 N–H and O–H groups in total. The Labute approximate surface area is 123 Å². The minimum atomic E-state index is 0.430. The molecule has 0 aliphatic carbocycles. The summed E-state index contributed by atoms with van der Waals surface area (Å²) < 4.78 is 7.92. The number of anilines is 1. The Morgan fingerprint density at radius 2 is 2.00 bits per heavy atom. The summed E-state index contributed by atoms with van der Waals surface area (Å²) in [7, 11) is 1.74. The van der Waals surface area contributed by atoms with E-state index >= 15 is 0 Å². The number of aromatic nitrogens is 2. The third kappa shape index (κ3) is 2.43. The number of hydrogen-bond acceptors (Lipinski definition) is 3. The van der Waals surface area contributed by atoms with Crippen molar-refractivity contribution in [2.75, 3.05) is 5.73 Å². The molecule has 0 saturated heterocycles. The second-order valence-electron chi connectivity index (χ2n) is 3.73. The van der Waals surface area contributed by atoms with Crippen LogP contribution >= 0.6 is 39.1 Å². The third-order valence-electron chi connectivity index (χ3n) is 2.40. The number of ether oxygens (including phenoxy) is 1. The summed E-state index contributed by atoms with van der Waals surface area (Å²) in [4.78, 5) is 0. The smallest absolute Gasteiger partial charge is 0.241 e. The van der Waals surface area contributed by atoms with Gasteiger partial charge in [-0.2, -0.15) is 5.10 Å². The Balaban J connectivity index is 2.43. The minimum absolute atomic E-state index is 0.430. The first-order valence-corrected chi connectivity index (χ1v) is 6.56. The zero-order chi connectivity index (χ0) is 13.4. The summed E-state index contributed by atoms with van der Waals surface area (Å²) in [5.74, 6) is 0.868. The summed E-state index contributed by atoms with van der Waals surface area (Å²) in [5, 5.41) is 5.10. The predicted molar refractivity (Wildman–Crippen MR) is 76.6 cm³/mol. The molecule has 4 nitrogen and oxygen atoms in total. The number of halogens is 3. The lowest BCUT2D eigenvalue weighted by molar-refractivity contribution is 0.433. The van der Waals surface area contributed by atoms with Gasteiger partial charge in [0.1, 0.15) is 11.4 Å². The van der Waals surface area contributed by atoms with Crippen LogP contribution in [0.4, 0.5) is 5.69 Å². The maximum Gasteiger partial charge on any atom is 0.241 e. The largest absolute Gasteiger partial charge is 0.436 e. The van der Waals surface area contributed by atoms with E-state index in [9.17, 15) is 0 Å². The Bertz CT molecular complexity index is 613. The SMILES string of the molecule is Cc1nn(C)c(Oc2cc(Cl)c(Br)cc2Cl)c1N. The molecule has 0 atom stereocenters. The van der Waals surface area contributed by atoms with Gasteiger partial charge in [-0.1, -0.05) is 23.2 Å². The number of nitrogens with zero attached hydrogens (tertiary/aromatic N) is 2. The lowest BCUT2D eigenvalue weighted by Crippen LogP contribution is -1.97. The van der Waals surface area contributed by atoms with Crippen LogP contribution in [0.15, 0.2) is 16.6 Å². The zero-order valence-electron chi connectivity index (χ0n) is 9.67. The van der Waals surface area contributed by atoms with E-state index in [1.807, 2.05) is 0 Å². The molecule has 0 bridgehead atoms. The molecule has 18 heavy (non-hydrogen) atoms. The van der Waals surface area contributed by atoms with E-state index in [-0.39, 0.29) is 0 Å². The zero-order valence-corrected chi connectivity index (χ0v) is 12.8. The minimum Gasteiger partial charge on any atom is -0.436 e. The molecule has 2 rings (SSSR count). The highest BCUT2D eigenvalue weighted by molar-refractivity contribution is 9.10. The lowest BCUT2D eigenvalue weighted by atomic mass is 10.3. The molecule has 0 radical (unpaired) electrons. The molecule has 0 amide bonds. The molecular formula is C11H10BrCl2N3O. The average Bonchev–Trinajstić information content (AvgIpc) is 2.52. The van der Waals surface area contributed by atoms with Crippen LogP contribution in [-0.4, -0.2) is 9.78 Å². The third-order valence-corrected chi connectivity index (χ3v) is 3.89. The number of hydrogen-bond donors (Lipinski definition) is 1. The highest BCUT2D eigenvalue weighted by Gasteiger charge is 2.15. The molecular weight excluding hydrogens is 341 g/mol. The van der Waals surface area contributed by atoms with Crippen molar-refractivity contribution in [3.05, 3.63) is 32.3 Å². The number of aryl methyl sites for hydroxylation is 2. The normalized spacial score (nSPS) is 10.7. The Morgan fingerprint density at radius 1 is 1.33 bits per heavy atom. The molecule has 0 saturated carbocycles. The van der Waals surface area contributed by atoms with E-state index in [0.717, 1.165) is 0 Å². The van der Waals surface area contributed by atoms with E-state index in [1.54, 1.807) is 30.8 Å². The van der Waals surface area contributed by atoms with E-state index in [4.69, 9.17) is 33.7 Å². The van der Waals surface area contributed by atoms with Crippen molar-refractivity contribution in [1.82, 2.24) is 9.78 Å². The summed E-state index contributed by atoms with van der Waals surface area (Å²) in [6.07, 6.45) is 0. The quantitative estimate of drug-likeness (QED) is 0.827. The molecule has 0 aliphatic rings. The topological polar surface area (TPSA) is 53.1 Å². The van der Waals surface area contributed by atoms with Gasteiger partial charge in [0.15, 0.2) is 0 Å². The fraction of sp³-hybridized carbons (Fsp3) is 0.182. The van der Waals surface area contributed by atoms with Crippen molar-refractivity contribution in [2.24, 2.45) is 7.05 Å². The summed E-state index contributed by atoms with van der Waals surface area (Å²) >= 11 is 15.4. The van der Waals surface area contributed by atoms with Crippen LogP contribution in [-0.2, 0) is 7.05 Å². The van der Waals surface area contributed by atoms with Gasteiger partial charge >= 0.3 is 0 Å². The van der Waals surface area contributed by atoms with Crippen LogP contribution in [0, 0.1) is 6.92 Å². The van der Waals surface area contributed by atoms with Crippen LogP contribution < -0.4 is 10.5 Å². The van der Waals surface area contributed by atoms with Gasteiger partial charge < -0.3 is 10.5 Å². The molecule has 0 fully saturated rings. The van der Waals surface area contributed by atoms with Crippen molar-refractivity contribution in [1.29, 1.82) is 0 Å². The summed E-state index contributed by atoms with van der Waals surface area (Å²) in [5.41, 5.74) is 7.06. The van der Waals surface area contributed by atoms with Gasteiger partial charge in [0.25, 0.3) is 0 Å². The monoisotopic (exact) mass is 349 g/mol. The molecule has 1 heterocycles. The first-order chi connectivity index (χ1) is 8.40. The van der Waals surface area contributed by atoms with Crippen molar-refractivity contribution in [3.8, 4) is 11.6 Å². The summed E-state index contributed by atoms with van der Waals surface area (Å²) in [6.45, 7) is 1.80. The lowest BCUT2D eigenvalue weighted by Gasteiger charge is -2.09. The van der Waals surface area contributed by atoms with Crippen LogP contribution in [0.1, 0.15) is 5.69 Å².